The van der Waals surface area contributed by atoms with Crippen molar-refractivity contribution >= 4 is 29.2 Å². The quantitative estimate of drug-likeness (QED) is 0.0918. The second-order valence-electron chi connectivity index (χ2n) is 13.1. The molecule has 0 saturated heterocycles. The van der Waals surface area contributed by atoms with E-state index >= 15 is 0 Å². The van der Waals surface area contributed by atoms with Gasteiger partial charge in [-0.3, -0.25) is 0 Å². The number of hydrogen-bond donors (Lipinski definition) is 0. The lowest BCUT2D eigenvalue weighted by atomic mass is 10.00. The van der Waals surface area contributed by atoms with E-state index in [1.54, 1.807) is 30.5 Å². The molecule has 0 fully saturated rings. The number of methoxy groups -OCH3 is 1. The lowest BCUT2D eigenvalue weighted by Gasteiger charge is -2.43. The summed E-state index contributed by atoms with van der Waals surface area (Å²) in [6.07, 6.45) is 0.942. The van der Waals surface area contributed by atoms with E-state index in [0.29, 0.717) is 28.0 Å². The summed E-state index contributed by atoms with van der Waals surface area (Å²) >= 11 is 0. The predicted molar refractivity (Wildman–Crippen MR) is 189 cm³/mol. The SMILES string of the molecule is COCOC(C#N)Cc1c(O[Si](C(C)C)(C(C)C)C(C)C)cc(OCc2ccccc2)c2c1c(C)cn2S(=O)(=O)c1ccc(C)cc1. The Morgan fingerprint density at radius 3 is 2.06 bits per heavy atom. The van der Waals surface area contributed by atoms with E-state index in [9.17, 15) is 13.7 Å². The summed E-state index contributed by atoms with van der Waals surface area (Å²) in [6, 6.07) is 20.7. The molecular weight excluding hydrogens is 629 g/mol. The number of rotatable bonds is 15. The second kappa shape index (κ2) is 15.1. The van der Waals surface area contributed by atoms with Gasteiger partial charge in [0.1, 0.15) is 30.4 Å². The molecule has 3 aromatic carbocycles. The Labute approximate surface area is 281 Å². The first-order valence-electron chi connectivity index (χ1n) is 16.1. The molecule has 0 N–H and O–H groups in total. The first-order chi connectivity index (χ1) is 22.3. The Bertz CT molecular complexity index is 1790. The molecule has 252 valence electrons. The van der Waals surface area contributed by atoms with Gasteiger partial charge in [0.05, 0.1) is 11.0 Å². The third-order valence-corrected chi connectivity index (χ3v) is 16.6. The van der Waals surface area contributed by atoms with Crippen molar-refractivity contribution in [3.8, 4) is 17.6 Å². The first-order valence-corrected chi connectivity index (χ1v) is 19.7. The molecule has 0 aliphatic carbocycles. The molecule has 47 heavy (non-hydrogen) atoms. The van der Waals surface area contributed by atoms with Crippen molar-refractivity contribution in [3.63, 3.8) is 0 Å². The number of aromatic nitrogens is 1. The largest absolute Gasteiger partial charge is 0.542 e. The van der Waals surface area contributed by atoms with Crippen LogP contribution in [0.2, 0.25) is 16.6 Å². The van der Waals surface area contributed by atoms with Crippen LogP contribution in [0.5, 0.6) is 11.5 Å². The maximum absolute atomic E-state index is 14.3. The van der Waals surface area contributed by atoms with Gasteiger partial charge in [0, 0.05) is 36.7 Å². The second-order valence-corrected chi connectivity index (χ2v) is 20.3. The Kier molecular flexibility index (Phi) is 11.6. The lowest BCUT2D eigenvalue weighted by Crippen LogP contribution is -2.51. The molecule has 0 aliphatic rings. The summed E-state index contributed by atoms with van der Waals surface area (Å²) in [5.41, 5.74) is 4.53. The van der Waals surface area contributed by atoms with Gasteiger partial charge >= 0.3 is 0 Å². The minimum atomic E-state index is -4.03. The highest BCUT2D eigenvalue weighted by Gasteiger charge is 2.47. The third-order valence-electron chi connectivity index (χ3n) is 8.99. The van der Waals surface area contributed by atoms with Crippen LogP contribution in [-0.2, 0) is 32.5 Å². The molecule has 4 rings (SSSR count). The molecule has 0 aliphatic heterocycles. The van der Waals surface area contributed by atoms with Gasteiger partial charge in [-0.15, -0.1) is 0 Å². The highest BCUT2D eigenvalue weighted by Crippen LogP contribution is 2.47. The summed E-state index contributed by atoms with van der Waals surface area (Å²) in [5.74, 6) is 0.982. The fraction of sp³-hybridized carbons (Fsp3) is 0.432. The van der Waals surface area contributed by atoms with Crippen molar-refractivity contribution in [2.75, 3.05) is 13.9 Å². The normalized spacial score (nSPS) is 13.0. The van der Waals surface area contributed by atoms with Crippen LogP contribution in [0.15, 0.2) is 71.8 Å². The van der Waals surface area contributed by atoms with Crippen LogP contribution in [0.1, 0.15) is 63.8 Å². The number of benzene rings is 3. The lowest BCUT2D eigenvalue weighted by molar-refractivity contribution is -0.0524. The number of aryl methyl sites for hydroxylation is 2. The zero-order valence-corrected chi connectivity index (χ0v) is 30.9. The Morgan fingerprint density at radius 2 is 1.51 bits per heavy atom. The summed E-state index contributed by atoms with van der Waals surface area (Å²) in [6.45, 7) is 17.3. The number of ether oxygens (including phenoxy) is 3. The van der Waals surface area contributed by atoms with Crippen LogP contribution in [0, 0.1) is 25.2 Å². The molecule has 4 aromatic rings. The zero-order chi connectivity index (χ0) is 34.5. The van der Waals surface area contributed by atoms with Crippen LogP contribution >= 0.6 is 0 Å². The van der Waals surface area contributed by atoms with E-state index in [1.807, 2.05) is 50.2 Å². The number of fused-ring (bicyclic) bond motifs is 1. The summed E-state index contributed by atoms with van der Waals surface area (Å²) < 4.78 is 54.7. The number of nitrogens with zero attached hydrogens (tertiary/aromatic N) is 2. The predicted octanol–water partition coefficient (Wildman–Crippen LogP) is 8.68. The smallest absolute Gasteiger partial charge is 0.268 e. The van der Waals surface area contributed by atoms with Crippen molar-refractivity contribution in [2.45, 2.75) is 96.0 Å². The van der Waals surface area contributed by atoms with E-state index in [2.05, 4.69) is 47.6 Å². The molecule has 0 spiro atoms. The highest BCUT2D eigenvalue weighted by atomic mass is 32.2. The van der Waals surface area contributed by atoms with Crippen molar-refractivity contribution in [2.24, 2.45) is 0 Å². The van der Waals surface area contributed by atoms with E-state index in [0.717, 1.165) is 16.7 Å². The standard InChI is InChI=1S/C37H48N2O6SSi/c1-25(2)47(26(3)4,27(5)6)45-34-20-35(43-23-30-13-11-10-12-14-30)37-36(33(34)19-31(21-38)44-24-42-9)29(8)22-39(37)46(40,41)32-17-15-28(7)16-18-32/h10-18,20,22,25-27,31H,19,23-24H2,1-9H3. The van der Waals surface area contributed by atoms with Gasteiger partial charge in [-0.2, -0.15) is 5.26 Å². The summed E-state index contributed by atoms with van der Waals surface area (Å²) in [7, 11) is -5.04. The number of nitriles is 1. The van der Waals surface area contributed by atoms with Crippen molar-refractivity contribution < 1.29 is 27.1 Å². The zero-order valence-electron chi connectivity index (χ0n) is 29.0. The van der Waals surface area contributed by atoms with Gasteiger partial charge in [-0.05, 0) is 53.7 Å². The van der Waals surface area contributed by atoms with Crippen LogP contribution in [0.4, 0.5) is 0 Å². The molecular formula is C37H48N2O6SSi. The van der Waals surface area contributed by atoms with Crippen LogP contribution in [-0.4, -0.2) is 40.7 Å². The third kappa shape index (κ3) is 7.44. The van der Waals surface area contributed by atoms with Gasteiger partial charge < -0.3 is 18.6 Å². The van der Waals surface area contributed by atoms with Gasteiger partial charge in [-0.1, -0.05) is 89.6 Å². The van der Waals surface area contributed by atoms with E-state index in [4.69, 9.17) is 18.6 Å². The van der Waals surface area contributed by atoms with Crippen LogP contribution in [0.25, 0.3) is 10.9 Å². The topological polar surface area (TPSA) is 99.8 Å². The average Bonchev–Trinajstić information content (AvgIpc) is 3.39. The van der Waals surface area contributed by atoms with Gasteiger partial charge in [-0.25, -0.2) is 12.4 Å². The first kappa shape index (κ1) is 36.2. The Hall–Kier alpha value is -3.62. The molecule has 0 bridgehead atoms. The molecule has 1 atom stereocenters. The summed E-state index contributed by atoms with van der Waals surface area (Å²) in [5, 5.41) is 10.8. The van der Waals surface area contributed by atoms with Crippen LogP contribution < -0.4 is 9.16 Å². The van der Waals surface area contributed by atoms with Gasteiger partial charge in [0.2, 0.25) is 0 Å². The Morgan fingerprint density at radius 1 is 0.894 bits per heavy atom. The highest BCUT2D eigenvalue weighted by molar-refractivity contribution is 7.90. The molecule has 10 heteroatoms. The van der Waals surface area contributed by atoms with Crippen molar-refractivity contribution in [1.29, 1.82) is 5.26 Å². The van der Waals surface area contributed by atoms with E-state index in [1.165, 1.54) is 11.1 Å². The minimum Gasteiger partial charge on any atom is -0.542 e. The fourth-order valence-corrected chi connectivity index (χ4v) is 13.5. The average molecular weight is 677 g/mol. The summed E-state index contributed by atoms with van der Waals surface area (Å²) in [4.78, 5) is 0.167. The Balaban J connectivity index is 2.08. The van der Waals surface area contributed by atoms with Gasteiger partial charge in [0.25, 0.3) is 18.3 Å². The van der Waals surface area contributed by atoms with E-state index in [-0.39, 0.29) is 41.3 Å². The molecule has 1 unspecified atom stereocenters. The van der Waals surface area contributed by atoms with Crippen molar-refractivity contribution in [1.82, 2.24) is 3.97 Å². The van der Waals surface area contributed by atoms with Gasteiger partial charge in [0.15, 0.2) is 6.10 Å². The molecule has 0 amide bonds. The molecule has 8 nitrogen and oxygen atoms in total. The number of hydrogen-bond acceptors (Lipinski definition) is 7. The maximum Gasteiger partial charge on any atom is 0.268 e. The minimum absolute atomic E-state index is 0.0553. The molecule has 1 heterocycles. The maximum atomic E-state index is 14.3. The van der Waals surface area contributed by atoms with Crippen LogP contribution in [0.3, 0.4) is 0 Å². The molecule has 1 aromatic heterocycles. The van der Waals surface area contributed by atoms with Crippen molar-refractivity contribution in [3.05, 3.63) is 89.1 Å². The van der Waals surface area contributed by atoms with E-state index < -0.39 is 24.4 Å². The molecule has 0 saturated carbocycles. The molecule has 0 radical (unpaired) electrons. The monoisotopic (exact) mass is 676 g/mol. The fourth-order valence-electron chi connectivity index (χ4n) is 6.79.